The van der Waals surface area contributed by atoms with E-state index >= 15 is 0 Å². The summed E-state index contributed by atoms with van der Waals surface area (Å²) in [5.41, 5.74) is 4.50. The van der Waals surface area contributed by atoms with Crippen LogP contribution in [0.15, 0.2) is 96.2 Å². The Hall–Kier alpha value is -2.62. The number of rotatable bonds is 5. The van der Waals surface area contributed by atoms with Crippen LogP contribution in [0.2, 0.25) is 0 Å². The van der Waals surface area contributed by atoms with Gasteiger partial charge in [0.25, 0.3) is 5.56 Å². The molecule has 9 heteroatoms. The fraction of sp³-hybridized carbons (Fsp3) is 0.432. The minimum absolute atomic E-state index is 0. The second-order valence-corrected chi connectivity index (χ2v) is 12.4. The zero-order valence-electron chi connectivity index (χ0n) is 26.9. The molecule has 1 radical (unpaired) electrons. The normalized spacial score (nSPS) is 20.0. The summed E-state index contributed by atoms with van der Waals surface area (Å²) in [6, 6.07) is 25.5. The Labute approximate surface area is 298 Å². The van der Waals surface area contributed by atoms with Gasteiger partial charge in [0, 0.05) is 64.0 Å². The van der Waals surface area contributed by atoms with Crippen molar-refractivity contribution >= 4 is 0 Å². The Morgan fingerprint density at radius 2 is 1.65 bits per heavy atom. The molecule has 1 spiro atoms. The smallest absolute Gasteiger partial charge is 0.253 e. The SMILES string of the molecule is C1CCC2(C1)CCC[N-]C2.Cn1cnc(-c2ccccc2)cc1=O.Fc1ccc(CN[C@@H]2CC[N-][C@H](c3ccccc3)C2)nc1.[Y]. The molecule has 7 nitrogen and oxygen atoms in total. The second kappa shape index (κ2) is 18.7. The first-order valence-corrected chi connectivity index (χ1v) is 16.3. The van der Waals surface area contributed by atoms with E-state index in [1.165, 1.54) is 79.9 Å². The van der Waals surface area contributed by atoms with Crippen LogP contribution in [0.25, 0.3) is 21.9 Å². The molecule has 3 aliphatic rings. The number of aromatic nitrogens is 3. The van der Waals surface area contributed by atoms with Gasteiger partial charge < -0.3 is 20.5 Å². The van der Waals surface area contributed by atoms with Gasteiger partial charge in [-0.25, -0.2) is 9.37 Å². The van der Waals surface area contributed by atoms with Gasteiger partial charge in [-0.1, -0.05) is 98.3 Å². The van der Waals surface area contributed by atoms with Crippen molar-refractivity contribution in [1.82, 2.24) is 19.9 Å². The van der Waals surface area contributed by atoms with Crippen LogP contribution < -0.4 is 10.9 Å². The van der Waals surface area contributed by atoms with Crippen molar-refractivity contribution in [1.29, 1.82) is 0 Å². The molecule has 4 heterocycles. The third kappa shape index (κ3) is 11.0. The van der Waals surface area contributed by atoms with E-state index < -0.39 is 0 Å². The van der Waals surface area contributed by atoms with Gasteiger partial charge in [0.1, 0.15) is 5.82 Å². The summed E-state index contributed by atoms with van der Waals surface area (Å²) >= 11 is 0. The van der Waals surface area contributed by atoms with E-state index in [2.05, 4.69) is 44.9 Å². The van der Waals surface area contributed by atoms with Crippen molar-refractivity contribution in [2.24, 2.45) is 12.5 Å². The van der Waals surface area contributed by atoms with Crippen LogP contribution in [-0.2, 0) is 46.3 Å². The average Bonchev–Trinajstić information content (AvgIpc) is 3.55. The number of halogens is 1. The minimum atomic E-state index is -0.292. The Balaban J connectivity index is 0.000000166. The maximum atomic E-state index is 12.8. The summed E-state index contributed by atoms with van der Waals surface area (Å²) in [5.74, 6) is -0.292. The van der Waals surface area contributed by atoms with E-state index in [1.807, 2.05) is 36.4 Å². The Bertz CT molecular complexity index is 1490. The molecule has 0 amide bonds. The minimum Gasteiger partial charge on any atom is -0.662 e. The van der Waals surface area contributed by atoms with Crippen LogP contribution in [0.4, 0.5) is 4.39 Å². The number of nitrogens with zero attached hydrogens (tertiary/aromatic N) is 5. The number of piperidine rings is 2. The zero-order valence-corrected chi connectivity index (χ0v) is 29.7. The van der Waals surface area contributed by atoms with E-state index in [1.54, 1.807) is 13.1 Å². The molecule has 2 aromatic carbocycles. The Morgan fingerprint density at radius 1 is 0.935 bits per heavy atom. The van der Waals surface area contributed by atoms with Crippen molar-refractivity contribution < 1.29 is 37.1 Å². The van der Waals surface area contributed by atoms with E-state index in [4.69, 9.17) is 5.32 Å². The molecule has 1 aliphatic carbocycles. The van der Waals surface area contributed by atoms with Crippen LogP contribution in [0, 0.1) is 11.2 Å². The second-order valence-electron chi connectivity index (χ2n) is 12.4. The molecule has 1 N–H and O–H groups in total. The number of aryl methyl sites for hydroxylation is 1. The molecule has 2 aromatic heterocycles. The van der Waals surface area contributed by atoms with Gasteiger partial charge in [-0.15, -0.1) is 25.7 Å². The quantitative estimate of drug-likeness (QED) is 0.231. The van der Waals surface area contributed by atoms with Crippen LogP contribution in [0.3, 0.4) is 0 Å². The molecule has 2 atom stereocenters. The average molecular weight is 698 g/mol. The third-order valence-electron chi connectivity index (χ3n) is 9.06. The number of pyridine rings is 1. The molecule has 7 rings (SSSR count). The maximum absolute atomic E-state index is 12.8. The van der Waals surface area contributed by atoms with Crippen molar-refractivity contribution in [2.45, 2.75) is 70.0 Å². The molecule has 0 bridgehead atoms. The predicted molar refractivity (Wildman–Crippen MR) is 180 cm³/mol. The number of hydrogen-bond acceptors (Lipinski definition) is 4. The molecular formula is C37H45FN6OY-2. The number of nitrogens with one attached hydrogen (secondary N) is 1. The first-order valence-electron chi connectivity index (χ1n) is 16.3. The largest absolute Gasteiger partial charge is 0.662 e. The van der Waals surface area contributed by atoms with Gasteiger partial charge in [0.15, 0.2) is 0 Å². The molecular weight excluding hydrogens is 652 g/mol. The molecule has 0 unspecified atom stereocenters. The summed E-state index contributed by atoms with van der Waals surface area (Å²) in [5, 5.41) is 12.7. The van der Waals surface area contributed by atoms with Crippen LogP contribution in [-0.4, -0.2) is 40.2 Å². The van der Waals surface area contributed by atoms with E-state index in [-0.39, 0.29) is 50.1 Å². The van der Waals surface area contributed by atoms with E-state index in [9.17, 15) is 9.18 Å². The molecule has 1 saturated carbocycles. The summed E-state index contributed by atoms with van der Waals surface area (Å²) in [7, 11) is 1.68. The van der Waals surface area contributed by atoms with Crippen molar-refractivity contribution in [3.63, 3.8) is 0 Å². The van der Waals surface area contributed by atoms with Gasteiger partial charge in [-0.3, -0.25) is 9.78 Å². The topological polar surface area (TPSA) is 88.0 Å². The van der Waals surface area contributed by atoms with Gasteiger partial charge in [-0.2, -0.15) is 0 Å². The van der Waals surface area contributed by atoms with Crippen LogP contribution in [0.5, 0.6) is 0 Å². The Kier molecular flexibility index (Phi) is 14.7. The first kappa shape index (κ1) is 36.2. The monoisotopic (exact) mass is 697 g/mol. The van der Waals surface area contributed by atoms with E-state index in [0.717, 1.165) is 37.2 Å². The van der Waals surface area contributed by atoms with Crippen LogP contribution >= 0.6 is 0 Å². The van der Waals surface area contributed by atoms with Crippen LogP contribution in [0.1, 0.15) is 68.7 Å². The summed E-state index contributed by atoms with van der Waals surface area (Å²) in [4.78, 5) is 19.6. The molecule has 2 saturated heterocycles. The summed E-state index contributed by atoms with van der Waals surface area (Å²) in [6.07, 6.45) is 13.6. The van der Waals surface area contributed by atoms with Gasteiger partial charge in [-0.05, 0) is 36.8 Å². The molecule has 4 aromatic rings. The van der Waals surface area contributed by atoms with Crippen molar-refractivity contribution in [2.75, 3.05) is 19.6 Å². The van der Waals surface area contributed by atoms with Crippen molar-refractivity contribution in [3.05, 3.63) is 129 Å². The number of hydrogen-bond donors (Lipinski definition) is 1. The Morgan fingerprint density at radius 3 is 2.30 bits per heavy atom. The summed E-state index contributed by atoms with van der Waals surface area (Å²) < 4.78 is 14.3. The maximum Gasteiger partial charge on any atom is 0.253 e. The fourth-order valence-corrected chi connectivity index (χ4v) is 6.43. The van der Waals surface area contributed by atoms with Gasteiger partial charge >= 0.3 is 0 Å². The molecule has 2 aliphatic heterocycles. The fourth-order valence-electron chi connectivity index (χ4n) is 6.43. The van der Waals surface area contributed by atoms with Gasteiger partial charge in [0.2, 0.25) is 0 Å². The van der Waals surface area contributed by atoms with E-state index in [0.29, 0.717) is 23.7 Å². The standard InChI is InChI=1S/C17H19FN3.C11H10N2O.C9H16N.Y/c18-14-6-7-16(20-11-14)12-21-15-8-9-19-17(10-15)13-4-2-1-3-5-13;1-13-8-12-10(7-11(13)14)9-5-3-2-4-6-9;1-2-5-9(4-1)6-3-7-10-8-9;/h1-7,11,15,17,21H,8-10,12H2;2-8H,1H3;1-8H2;/q-1;;-1;/t15-,17+;;;/m1.../s1. The first-order chi connectivity index (χ1) is 22.0. The summed E-state index contributed by atoms with van der Waals surface area (Å²) in [6.45, 7) is 3.88. The third-order valence-corrected chi connectivity index (χ3v) is 9.06. The predicted octanol–water partition coefficient (Wildman–Crippen LogP) is 7.75. The van der Waals surface area contributed by atoms with Gasteiger partial charge in [0.05, 0.1) is 23.9 Å². The number of benzene rings is 2. The van der Waals surface area contributed by atoms with Crippen molar-refractivity contribution in [3.8, 4) is 11.3 Å². The zero-order chi connectivity index (χ0) is 31.3. The molecule has 46 heavy (non-hydrogen) atoms. The molecule has 241 valence electrons. The molecule has 3 fully saturated rings.